The van der Waals surface area contributed by atoms with E-state index < -0.39 is 6.10 Å². The molecule has 2 heterocycles. The van der Waals surface area contributed by atoms with E-state index in [2.05, 4.69) is 5.32 Å². The Bertz CT molecular complexity index is 1390. The molecule has 0 radical (unpaired) electrons. The Hall–Kier alpha value is -4.17. The van der Waals surface area contributed by atoms with Crippen molar-refractivity contribution >= 4 is 46.6 Å². The Balaban J connectivity index is 1.24. The standard InChI is InChI=1S/C28H24ClN3O5/c1-17-26(34)32(16-18-6-4-7-19(29)14-18)23-15-20(11-12-24(23)37-17)30-25(33)10-5-13-31-27(35)21-8-2-3-9-22(21)28(31)36/h2-4,6-9,11-12,14-15,17H,5,10,13,16H2,1H3,(H,30,33). The molecule has 8 nitrogen and oxygen atoms in total. The van der Waals surface area contributed by atoms with E-state index >= 15 is 0 Å². The number of nitrogens with one attached hydrogen (secondary N) is 1. The molecule has 1 unspecified atom stereocenters. The van der Waals surface area contributed by atoms with Gasteiger partial charge in [-0.2, -0.15) is 0 Å². The molecule has 3 aromatic carbocycles. The molecule has 3 aromatic rings. The molecule has 0 saturated heterocycles. The molecule has 2 aliphatic heterocycles. The molecule has 0 spiro atoms. The molecule has 9 heteroatoms. The van der Waals surface area contributed by atoms with Crippen LogP contribution in [-0.4, -0.2) is 41.2 Å². The van der Waals surface area contributed by atoms with Crippen molar-refractivity contribution in [3.8, 4) is 5.75 Å². The molecular weight excluding hydrogens is 494 g/mol. The molecule has 1 N–H and O–H groups in total. The number of imide groups is 1. The molecular formula is C28H24ClN3O5. The summed E-state index contributed by atoms with van der Waals surface area (Å²) < 4.78 is 5.77. The average Bonchev–Trinajstić information content (AvgIpc) is 3.12. The Morgan fingerprint density at radius 3 is 2.38 bits per heavy atom. The molecule has 0 aromatic heterocycles. The van der Waals surface area contributed by atoms with E-state index in [1.165, 1.54) is 4.90 Å². The topological polar surface area (TPSA) is 96.0 Å². The minimum Gasteiger partial charge on any atom is -0.479 e. The van der Waals surface area contributed by atoms with Gasteiger partial charge in [0.15, 0.2) is 6.10 Å². The normalized spacial score (nSPS) is 16.4. The van der Waals surface area contributed by atoms with Crippen LogP contribution in [0.4, 0.5) is 11.4 Å². The van der Waals surface area contributed by atoms with E-state index in [9.17, 15) is 19.2 Å². The third kappa shape index (κ3) is 4.93. The van der Waals surface area contributed by atoms with Crippen molar-refractivity contribution in [2.75, 3.05) is 16.8 Å². The molecule has 37 heavy (non-hydrogen) atoms. The number of benzene rings is 3. The van der Waals surface area contributed by atoms with Crippen LogP contribution in [0.3, 0.4) is 0 Å². The lowest BCUT2D eigenvalue weighted by atomic mass is 10.1. The second kappa shape index (κ2) is 10.1. The van der Waals surface area contributed by atoms with Gasteiger partial charge in [-0.25, -0.2) is 0 Å². The minimum atomic E-state index is -0.644. The maximum Gasteiger partial charge on any atom is 0.268 e. The molecule has 4 amide bonds. The number of fused-ring (bicyclic) bond motifs is 2. The summed E-state index contributed by atoms with van der Waals surface area (Å²) in [6.07, 6.45) is -0.208. The largest absolute Gasteiger partial charge is 0.479 e. The van der Waals surface area contributed by atoms with Crippen molar-refractivity contribution in [1.82, 2.24) is 4.90 Å². The summed E-state index contributed by atoms with van der Waals surface area (Å²) in [5.74, 6) is -0.604. The van der Waals surface area contributed by atoms with Gasteiger partial charge in [0.2, 0.25) is 5.91 Å². The smallest absolute Gasteiger partial charge is 0.268 e. The highest BCUT2D eigenvalue weighted by atomic mass is 35.5. The first-order valence-electron chi connectivity index (χ1n) is 11.9. The van der Waals surface area contributed by atoms with Crippen LogP contribution in [0.1, 0.15) is 46.0 Å². The van der Waals surface area contributed by atoms with Gasteiger partial charge in [0, 0.05) is 23.7 Å². The SMILES string of the molecule is CC1Oc2ccc(NC(=O)CCCN3C(=O)c4ccccc4C3=O)cc2N(Cc2cccc(Cl)c2)C1=O. The lowest BCUT2D eigenvalue weighted by Crippen LogP contribution is -2.44. The molecule has 0 fully saturated rings. The maximum atomic E-state index is 12.9. The predicted octanol–water partition coefficient (Wildman–Crippen LogP) is 4.67. The van der Waals surface area contributed by atoms with E-state index in [1.54, 1.807) is 66.4 Å². The summed E-state index contributed by atoms with van der Waals surface area (Å²) >= 11 is 6.12. The summed E-state index contributed by atoms with van der Waals surface area (Å²) in [5.41, 5.74) is 2.70. The summed E-state index contributed by atoms with van der Waals surface area (Å²) in [4.78, 5) is 53.4. The third-order valence-corrected chi connectivity index (χ3v) is 6.58. The van der Waals surface area contributed by atoms with Crippen LogP contribution < -0.4 is 15.0 Å². The van der Waals surface area contributed by atoms with Gasteiger partial charge < -0.3 is 15.0 Å². The zero-order valence-corrected chi connectivity index (χ0v) is 20.8. The van der Waals surface area contributed by atoms with Gasteiger partial charge in [0.25, 0.3) is 17.7 Å². The number of anilines is 2. The van der Waals surface area contributed by atoms with Crippen molar-refractivity contribution in [3.05, 3.63) is 88.4 Å². The van der Waals surface area contributed by atoms with Crippen molar-refractivity contribution in [2.45, 2.75) is 32.4 Å². The monoisotopic (exact) mass is 517 g/mol. The van der Waals surface area contributed by atoms with E-state index in [4.69, 9.17) is 16.3 Å². The van der Waals surface area contributed by atoms with Gasteiger partial charge in [0.05, 0.1) is 23.4 Å². The van der Waals surface area contributed by atoms with Gasteiger partial charge in [-0.15, -0.1) is 0 Å². The van der Waals surface area contributed by atoms with Crippen molar-refractivity contribution in [3.63, 3.8) is 0 Å². The summed E-state index contributed by atoms with van der Waals surface area (Å²) in [6.45, 7) is 2.15. The van der Waals surface area contributed by atoms with Crippen LogP contribution in [0.5, 0.6) is 5.75 Å². The fourth-order valence-electron chi connectivity index (χ4n) is 4.53. The zero-order chi connectivity index (χ0) is 26.1. The van der Waals surface area contributed by atoms with Gasteiger partial charge in [-0.05, 0) is 61.4 Å². The fraction of sp³-hybridized carbons (Fsp3) is 0.214. The lowest BCUT2D eigenvalue weighted by Gasteiger charge is -2.33. The highest BCUT2D eigenvalue weighted by molar-refractivity contribution is 6.30. The highest BCUT2D eigenvalue weighted by Gasteiger charge is 2.35. The van der Waals surface area contributed by atoms with Crippen LogP contribution in [-0.2, 0) is 16.1 Å². The number of nitrogens with zero attached hydrogens (tertiary/aromatic N) is 2. The van der Waals surface area contributed by atoms with Crippen molar-refractivity contribution in [2.24, 2.45) is 0 Å². The van der Waals surface area contributed by atoms with Crippen LogP contribution in [0, 0.1) is 0 Å². The van der Waals surface area contributed by atoms with Gasteiger partial charge in [-0.3, -0.25) is 24.1 Å². The minimum absolute atomic E-state index is 0.114. The molecule has 188 valence electrons. The summed E-state index contributed by atoms with van der Waals surface area (Å²) in [7, 11) is 0. The predicted molar refractivity (Wildman–Crippen MR) is 139 cm³/mol. The fourth-order valence-corrected chi connectivity index (χ4v) is 4.74. The highest BCUT2D eigenvalue weighted by Crippen LogP contribution is 2.37. The van der Waals surface area contributed by atoms with Gasteiger partial charge in [0.1, 0.15) is 5.75 Å². The first kappa shape index (κ1) is 24.5. The van der Waals surface area contributed by atoms with E-state index in [1.807, 2.05) is 12.1 Å². The number of carbonyl (C=O) groups excluding carboxylic acids is 4. The molecule has 5 rings (SSSR count). The van der Waals surface area contributed by atoms with E-state index in [0.29, 0.717) is 46.2 Å². The molecule has 0 bridgehead atoms. The Kier molecular flexibility index (Phi) is 6.67. The average molecular weight is 518 g/mol. The molecule has 2 aliphatic rings. The van der Waals surface area contributed by atoms with Crippen LogP contribution in [0.15, 0.2) is 66.7 Å². The first-order valence-corrected chi connectivity index (χ1v) is 12.3. The number of rotatable bonds is 7. The summed E-state index contributed by atoms with van der Waals surface area (Å²) in [5, 5.41) is 3.41. The quantitative estimate of drug-likeness (QED) is 0.459. The van der Waals surface area contributed by atoms with Gasteiger partial charge >= 0.3 is 0 Å². The number of halogens is 1. The number of carbonyl (C=O) groups is 4. The summed E-state index contributed by atoms with van der Waals surface area (Å²) in [6, 6.07) is 19.1. The number of hydrogen-bond donors (Lipinski definition) is 1. The maximum absolute atomic E-state index is 12.9. The number of hydrogen-bond acceptors (Lipinski definition) is 5. The molecule has 1 atom stereocenters. The molecule has 0 saturated carbocycles. The third-order valence-electron chi connectivity index (χ3n) is 6.34. The Morgan fingerprint density at radius 2 is 1.68 bits per heavy atom. The first-order chi connectivity index (χ1) is 17.8. The van der Waals surface area contributed by atoms with E-state index in [0.717, 1.165) is 5.56 Å². The second-order valence-electron chi connectivity index (χ2n) is 8.96. The lowest BCUT2D eigenvalue weighted by molar-refractivity contribution is -0.125. The van der Waals surface area contributed by atoms with E-state index in [-0.39, 0.29) is 36.6 Å². The van der Waals surface area contributed by atoms with Crippen molar-refractivity contribution in [1.29, 1.82) is 0 Å². The second-order valence-corrected chi connectivity index (χ2v) is 9.39. The Labute approximate surface area is 218 Å². The van der Waals surface area contributed by atoms with Gasteiger partial charge in [-0.1, -0.05) is 35.9 Å². The number of amides is 4. The van der Waals surface area contributed by atoms with Crippen LogP contribution in [0.25, 0.3) is 0 Å². The molecule has 0 aliphatic carbocycles. The zero-order valence-electron chi connectivity index (χ0n) is 20.1. The van der Waals surface area contributed by atoms with Crippen LogP contribution in [0.2, 0.25) is 5.02 Å². The Morgan fingerprint density at radius 1 is 0.946 bits per heavy atom. The van der Waals surface area contributed by atoms with Crippen molar-refractivity contribution < 1.29 is 23.9 Å². The number of ether oxygens (including phenoxy) is 1. The van der Waals surface area contributed by atoms with Crippen LogP contribution >= 0.6 is 11.6 Å².